The molecule has 0 spiro atoms. The summed E-state index contributed by atoms with van der Waals surface area (Å²) in [6.07, 6.45) is 5.86. The van der Waals surface area contributed by atoms with Crippen LogP contribution in [0.3, 0.4) is 0 Å². The summed E-state index contributed by atoms with van der Waals surface area (Å²) in [4.78, 5) is 25.6. The highest BCUT2D eigenvalue weighted by Gasteiger charge is 2.26. The van der Waals surface area contributed by atoms with Gasteiger partial charge in [-0.3, -0.25) is 9.59 Å². The molecule has 0 N–H and O–H groups in total. The standard InChI is InChI=1S/C15H27NO3/c1-12(2)11-16(10-9-14(17)19-3)15(18)13-7-5-4-6-8-13/h12-13H,4-11H2,1-3H3. The fraction of sp³-hybridized carbons (Fsp3) is 0.867. The molecule has 0 radical (unpaired) electrons. The molecule has 1 aliphatic carbocycles. The number of nitrogens with zero attached hydrogens (tertiary/aromatic N) is 1. The van der Waals surface area contributed by atoms with Gasteiger partial charge in [-0.1, -0.05) is 33.1 Å². The molecule has 1 aliphatic rings. The van der Waals surface area contributed by atoms with Gasteiger partial charge in [-0.25, -0.2) is 0 Å². The summed E-state index contributed by atoms with van der Waals surface area (Å²) >= 11 is 0. The third-order valence-electron chi connectivity index (χ3n) is 3.67. The predicted octanol–water partition coefficient (Wildman–Crippen LogP) is 2.61. The van der Waals surface area contributed by atoms with Crippen molar-refractivity contribution in [2.45, 2.75) is 52.4 Å². The number of rotatable bonds is 6. The lowest BCUT2D eigenvalue weighted by Gasteiger charge is -2.30. The van der Waals surface area contributed by atoms with E-state index in [0.717, 1.165) is 32.2 Å². The van der Waals surface area contributed by atoms with Gasteiger partial charge in [-0.05, 0) is 18.8 Å². The maximum absolute atomic E-state index is 12.5. The first-order valence-corrected chi connectivity index (χ1v) is 7.40. The van der Waals surface area contributed by atoms with Crippen LogP contribution in [0.4, 0.5) is 0 Å². The zero-order valence-corrected chi connectivity index (χ0v) is 12.5. The normalized spacial score (nSPS) is 16.4. The Morgan fingerprint density at radius 2 is 1.84 bits per heavy atom. The number of carbonyl (C=O) groups excluding carboxylic acids is 2. The van der Waals surface area contributed by atoms with Crippen molar-refractivity contribution in [3.8, 4) is 0 Å². The summed E-state index contributed by atoms with van der Waals surface area (Å²) in [6.45, 7) is 5.41. The number of amides is 1. The van der Waals surface area contributed by atoms with Crippen molar-refractivity contribution in [2.24, 2.45) is 11.8 Å². The van der Waals surface area contributed by atoms with Gasteiger partial charge in [0.2, 0.25) is 5.91 Å². The fourth-order valence-corrected chi connectivity index (χ4v) is 2.67. The molecule has 0 bridgehead atoms. The first-order chi connectivity index (χ1) is 9.04. The molecule has 0 aromatic rings. The smallest absolute Gasteiger partial charge is 0.307 e. The van der Waals surface area contributed by atoms with Crippen LogP contribution in [0.25, 0.3) is 0 Å². The molecule has 0 aromatic heterocycles. The second-order valence-electron chi connectivity index (χ2n) is 5.84. The van der Waals surface area contributed by atoms with E-state index in [0.29, 0.717) is 18.9 Å². The minimum atomic E-state index is -0.245. The van der Waals surface area contributed by atoms with Crippen molar-refractivity contribution in [2.75, 3.05) is 20.2 Å². The number of ether oxygens (including phenoxy) is 1. The predicted molar refractivity (Wildman–Crippen MR) is 74.6 cm³/mol. The van der Waals surface area contributed by atoms with Crippen LogP contribution in [0.2, 0.25) is 0 Å². The zero-order chi connectivity index (χ0) is 14.3. The van der Waals surface area contributed by atoms with E-state index < -0.39 is 0 Å². The lowest BCUT2D eigenvalue weighted by molar-refractivity contribution is -0.143. The third-order valence-corrected chi connectivity index (χ3v) is 3.67. The molecule has 1 amide bonds. The van der Waals surface area contributed by atoms with Crippen molar-refractivity contribution in [3.05, 3.63) is 0 Å². The summed E-state index contributed by atoms with van der Waals surface area (Å²) in [5.74, 6) is 0.581. The van der Waals surface area contributed by atoms with Crippen LogP contribution in [0, 0.1) is 11.8 Å². The molecule has 1 saturated carbocycles. The maximum atomic E-state index is 12.5. The Labute approximate surface area is 116 Å². The van der Waals surface area contributed by atoms with E-state index in [2.05, 4.69) is 18.6 Å². The summed E-state index contributed by atoms with van der Waals surface area (Å²) < 4.78 is 4.65. The quantitative estimate of drug-likeness (QED) is 0.696. The summed E-state index contributed by atoms with van der Waals surface area (Å²) in [5, 5.41) is 0. The summed E-state index contributed by atoms with van der Waals surface area (Å²) in [7, 11) is 1.39. The van der Waals surface area contributed by atoms with Crippen molar-refractivity contribution in [3.63, 3.8) is 0 Å². The van der Waals surface area contributed by atoms with Gasteiger partial charge in [0.25, 0.3) is 0 Å². The van der Waals surface area contributed by atoms with Crippen LogP contribution < -0.4 is 0 Å². The first-order valence-electron chi connectivity index (χ1n) is 7.40. The Morgan fingerprint density at radius 3 is 2.37 bits per heavy atom. The Hall–Kier alpha value is -1.06. The minimum absolute atomic E-state index is 0.171. The zero-order valence-electron chi connectivity index (χ0n) is 12.5. The summed E-state index contributed by atoms with van der Waals surface area (Å²) in [6, 6.07) is 0. The van der Waals surface area contributed by atoms with Gasteiger partial charge in [-0.15, -0.1) is 0 Å². The summed E-state index contributed by atoms with van der Waals surface area (Å²) in [5.41, 5.74) is 0. The molecular weight excluding hydrogens is 242 g/mol. The average molecular weight is 269 g/mol. The molecule has 0 unspecified atom stereocenters. The second-order valence-corrected chi connectivity index (χ2v) is 5.84. The van der Waals surface area contributed by atoms with E-state index in [1.54, 1.807) is 0 Å². The molecule has 0 heterocycles. The van der Waals surface area contributed by atoms with Gasteiger partial charge in [-0.2, -0.15) is 0 Å². The third kappa shape index (κ3) is 5.62. The van der Waals surface area contributed by atoms with Crippen LogP contribution in [-0.2, 0) is 14.3 Å². The molecule has 0 aromatic carbocycles. The van der Waals surface area contributed by atoms with Gasteiger partial charge in [0.05, 0.1) is 13.5 Å². The molecule has 19 heavy (non-hydrogen) atoms. The van der Waals surface area contributed by atoms with E-state index in [9.17, 15) is 9.59 Å². The Morgan fingerprint density at radius 1 is 1.21 bits per heavy atom. The molecule has 1 rings (SSSR count). The first kappa shape index (κ1) is 16.0. The molecular formula is C15H27NO3. The molecule has 4 nitrogen and oxygen atoms in total. The van der Waals surface area contributed by atoms with Crippen LogP contribution in [-0.4, -0.2) is 37.0 Å². The van der Waals surface area contributed by atoms with Gasteiger partial charge < -0.3 is 9.64 Å². The van der Waals surface area contributed by atoms with Crippen molar-refractivity contribution in [1.29, 1.82) is 0 Å². The van der Waals surface area contributed by atoms with E-state index in [-0.39, 0.29) is 17.8 Å². The Kier molecular flexibility index (Phi) is 6.89. The van der Waals surface area contributed by atoms with E-state index >= 15 is 0 Å². The highest BCUT2D eigenvalue weighted by Crippen LogP contribution is 2.25. The Bertz CT molecular complexity index is 296. The minimum Gasteiger partial charge on any atom is -0.469 e. The highest BCUT2D eigenvalue weighted by atomic mass is 16.5. The van der Waals surface area contributed by atoms with Crippen LogP contribution in [0.15, 0.2) is 0 Å². The van der Waals surface area contributed by atoms with Gasteiger partial charge >= 0.3 is 5.97 Å². The van der Waals surface area contributed by atoms with Gasteiger partial charge in [0.15, 0.2) is 0 Å². The molecule has 4 heteroatoms. The number of carbonyl (C=O) groups is 2. The number of esters is 1. The lowest BCUT2D eigenvalue weighted by atomic mass is 9.88. The maximum Gasteiger partial charge on any atom is 0.307 e. The van der Waals surface area contributed by atoms with E-state index in [1.807, 2.05) is 4.90 Å². The fourth-order valence-electron chi connectivity index (χ4n) is 2.67. The van der Waals surface area contributed by atoms with E-state index in [4.69, 9.17) is 0 Å². The average Bonchev–Trinajstić information content (AvgIpc) is 2.42. The largest absolute Gasteiger partial charge is 0.469 e. The van der Waals surface area contributed by atoms with Crippen molar-refractivity contribution < 1.29 is 14.3 Å². The lowest BCUT2D eigenvalue weighted by Crippen LogP contribution is -2.40. The monoisotopic (exact) mass is 269 g/mol. The number of hydrogen-bond donors (Lipinski definition) is 0. The van der Waals surface area contributed by atoms with Crippen LogP contribution in [0.5, 0.6) is 0 Å². The van der Waals surface area contributed by atoms with Gasteiger partial charge in [0.1, 0.15) is 0 Å². The number of methoxy groups -OCH3 is 1. The topological polar surface area (TPSA) is 46.6 Å². The van der Waals surface area contributed by atoms with Crippen LogP contribution in [0.1, 0.15) is 52.4 Å². The van der Waals surface area contributed by atoms with Crippen molar-refractivity contribution >= 4 is 11.9 Å². The second kappa shape index (κ2) is 8.18. The number of hydrogen-bond acceptors (Lipinski definition) is 3. The van der Waals surface area contributed by atoms with Gasteiger partial charge in [0, 0.05) is 19.0 Å². The Balaban J connectivity index is 2.55. The molecule has 0 aliphatic heterocycles. The SMILES string of the molecule is COC(=O)CCN(CC(C)C)C(=O)C1CCCCC1. The molecule has 1 fully saturated rings. The molecule has 0 atom stereocenters. The van der Waals surface area contributed by atoms with Crippen molar-refractivity contribution in [1.82, 2.24) is 4.90 Å². The van der Waals surface area contributed by atoms with E-state index in [1.165, 1.54) is 13.5 Å². The molecule has 110 valence electrons. The highest BCUT2D eigenvalue weighted by molar-refractivity contribution is 5.79. The molecule has 0 saturated heterocycles. The van der Waals surface area contributed by atoms with Crippen LogP contribution >= 0.6 is 0 Å².